The summed E-state index contributed by atoms with van der Waals surface area (Å²) < 4.78 is 34.7. The highest BCUT2D eigenvalue weighted by atomic mass is 19.3. The van der Waals surface area contributed by atoms with Gasteiger partial charge in [0.25, 0.3) is 0 Å². The number of carbonyl (C=O) groups is 1. The number of aliphatic hydroxyl groups is 1. The molecule has 1 N–H and O–H groups in total. The molecule has 1 heterocycles. The summed E-state index contributed by atoms with van der Waals surface area (Å²) in [5, 5.41) is 9.96. The Morgan fingerprint density at radius 3 is 2.73 bits per heavy atom. The first-order valence-corrected chi connectivity index (χ1v) is 8.57. The first-order valence-electron chi connectivity index (χ1n) is 8.57. The number of aliphatic hydroxyl groups excluding tert-OH is 1. The molecule has 0 aliphatic heterocycles. The fraction of sp³-hybridized carbons (Fsp3) is 0.400. The lowest BCUT2D eigenvalue weighted by Gasteiger charge is -2.24. The number of hydrogen-bond acceptors (Lipinski definition) is 4. The van der Waals surface area contributed by atoms with Gasteiger partial charge in [-0.05, 0) is 42.9 Å². The largest absolute Gasteiger partial charge is 0.481 e. The Kier molecular flexibility index (Phi) is 5.05. The van der Waals surface area contributed by atoms with E-state index in [9.17, 15) is 18.7 Å². The van der Waals surface area contributed by atoms with Crippen LogP contribution in [0, 0.1) is 0 Å². The summed E-state index contributed by atoms with van der Waals surface area (Å²) in [5.41, 5.74) is 0.876. The highest BCUT2D eigenvalue weighted by Crippen LogP contribution is 2.45. The Bertz CT molecular complexity index is 820. The molecule has 0 saturated carbocycles. The molecule has 1 unspecified atom stereocenters. The average molecular weight is 361 g/mol. The summed E-state index contributed by atoms with van der Waals surface area (Å²) in [6.45, 7) is 1.43. The molecule has 3 rings (SSSR count). The SMILES string of the molecule is COc1cccc(CC2CCC(=O)C(F)(F)c3c2cccc3[C@H](C)O)n1. The molecule has 138 valence electrons. The van der Waals surface area contributed by atoms with E-state index in [0.29, 0.717) is 30.0 Å². The summed E-state index contributed by atoms with van der Waals surface area (Å²) in [5.74, 6) is -4.54. The van der Waals surface area contributed by atoms with E-state index >= 15 is 0 Å². The van der Waals surface area contributed by atoms with Crippen molar-refractivity contribution in [2.45, 2.75) is 44.1 Å². The second-order valence-electron chi connectivity index (χ2n) is 6.60. The average Bonchev–Trinajstić information content (AvgIpc) is 2.72. The van der Waals surface area contributed by atoms with E-state index in [-0.39, 0.29) is 23.5 Å². The van der Waals surface area contributed by atoms with Crippen molar-refractivity contribution in [3.05, 3.63) is 58.8 Å². The van der Waals surface area contributed by atoms with Crippen molar-refractivity contribution >= 4 is 5.78 Å². The highest BCUT2D eigenvalue weighted by Gasteiger charge is 2.47. The zero-order valence-electron chi connectivity index (χ0n) is 14.7. The van der Waals surface area contributed by atoms with Crippen molar-refractivity contribution < 1.29 is 23.4 Å². The number of nitrogens with zero attached hydrogens (tertiary/aromatic N) is 1. The number of rotatable bonds is 4. The van der Waals surface area contributed by atoms with E-state index in [1.54, 1.807) is 24.3 Å². The number of pyridine rings is 1. The van der Waals surface area contributed by atoms with Crippen LogP contribution in [-0.4, -0.2) is 23.0 Å². The Labute approximate surface area is 150 Å². The van der Waals surface area contributed by atoms with Gasteiger partial charge in [-0.2, -0.15) is 8.78 Å². The second-order valence-corrected chi connectivity index (χ2v) is 6.60. The molecule has 4 nitrogen and oxygen atoms in total. The normalized spacial score (nSPS) is 20.2. The second kappa shape index (κ2) is 7.11. The van der Waals surface area contributed by atoms with Crippen LogP contribution < -0.4 is 4.74 Å². The molecule has 2 aromatic rings. The molecular weight excluding hydrogens is 340 g/mol. The quantitative estimate of drug-likeness (QED) is 0.839. The smallest absolute Gasteiger partial charge is 0.331 e. The van der Waals surface area contributed by atoms with E-state index in [1.807, 2.05) is 6.07 Å². The number of halogens is 2. The van der Waals surface area contributed by atoms with Crippen LogP contribution in [0.15, 0.2) is 36.4 Å². The molecule has 1 aliphatic carbocycles. The lowest BCUT2D eigenvalue weighted by atomic mass is 9.85. The van der Waals surface area contributed by atoms with E-state index in [4.69, 9.17) is 4.74 Å². The van der Waals surface area contributed by atoms with Gasteiger partial charge in [-0.25, -0.2) is 4.98 Å². The number of Topliss-reactive ketones (excluding diaryl/α,β-unsaturated/α-hetero) is 1. The Morgan fingerprint density at radius 1 is 1.31 bits per heavy atom. The number of aromatic nitrogens is 1. The van der Waals surface area contributed by atoms with E-state index < -0.39 is 17.8 Å². The topological polar surface area (TPSA) is 59.4 Å². The van der Waals surface area contributed by atoms with Gasteiger partial charge in [-0.1, -0.05) is 24.3 Å². The van der Waals surface area contributed by atoms with Crippen molar-refractivity contribution in [1.82, 2.24) is 4.98 Å². The van der Waals surface area contributed by atoms with Gasteiger partial charge in [0.2, 0.25) is 11.7 Å². The molecule has 1 aliphatic rings. The first-order chi connectivity index (χ1) is 12.3. The summed E-state index contributed by atoms with van der Waals surface area (Å²) >= 11 is 0. The first kappa shape index (κ1) is 18.5. The predicted octanol–water partition coefficient (Wildman–Crippen LogP) is 3.92. The number of ketones is 1. The summed E-state index contributed by atoms with van der Waals surface area (Å²) in [4.78, 5) is 16.5. The number of methoxy groups -OCH3 is 1. The van der Waals surface area contributed by atoms with Crippen LogP contribution in [0.1, 0.15) is 54.2 Å². The van der Waals surface area contributed by atoms with Gasteiger partial charge in [0, 0.05) is 23.7 Å². The minimum atomic E-state index is -3.60. The number of hydrogen-bond donors (Lipinski definition) is 1. The van der Waals surface area contributed by atoms with Gasteiger partial charge >= 0.3 is 5.92 Å². The molecule has 1 aromatic heterocycles. The Balaban J connectivity index is 2.08. The monoisotopic (exact) mass is 361 g/mol. The summed E-state index contributed by atoms with van der Waals surface area (Å²) in [7, 11) is 1.52. The molecule has 1 aromatic carbocycles. The molecule has 0 bridgehead atoms. The lowest BCUT2D eigenvalue weighted by molar-refractivity contribution is -0.144. The standard InChI is InChI=1S/C20H21F2NO3/c1-12(24)15-6-4-7-16-13(9-10-17(25)20(21,22)19(15)16)11-14-5-3-8-18(23-14)26-2/h3-8,12-13,24H,9-11H2,1-2H3/t12-,13?/m0/s1. The van der Waals surface area contributed by atoms with Crippen LogP contribution in [0.3, 0.4) is 0 Å². The van der Waals surface area contributed by atoms with Gasteiger partial charge in [0.1, 0.15) is 0 Å². The van der Waals surface area contributed by atoms with Crippen molar-refractivity contribution in [3.8, 4) is 5.88 Å². The number of alkyl halides is 2. The van der Waals surface area contributed by atoms with Crippen LogP contribution in [0.4, 0.5) is 8.78 Å². The van der Waals surface area contributed by atoms with Crippen molar-refractivity contribution in [2.75, 3.05) is 7.11 Å². The molecule has 2 atom stereocenters. The van der Waals surface area contributed by atoms with Gasteiger partial charge in [0.15, 0.2) is 0 Å². The van der Waals surface area contributed by atoms with Crippen molar-refractivity contribution in [3.63, 3.8) is 0 Å². The van der Waals surface area contributed by atoms with Crippen LogP contribution >= 0.6 is 0 Å². The number of benzene rings is 1. The molecule has 26 heavy (non-hydrogen) atoms. The Morgan fingerprint density at radius 2 is 2.04 bits per heavy atom. The maximum atomic E-state index is 14.8. The minimum Gasteiger partial charge on any atom is -0.481 e. The number of carbonyl (C=O) groups excluding carboxylic acids is 1. The maximum Gasteiger partial charge on any atom is 0.331 e. The fourth-order valence-electron chi connectivity index (χ4n) is 3.55. The third-order valence-corrected chi connectivity index (χ3v) is 4.85. The summed E-state index contributed by atoms with van der Waals surface area (Å²) in [6.07, 6.45) is -0.576. The zero-order valence-corrected chi connectivity index (χ0v) is 14.7. The molecule has 0 spiro atoms. The van der Waals surface area contributed by atoms with Gasteiger partial charge in [0.05, 0.1) is 13.2 Å². The van der Waals surface area contributed by atoms with E-state index in [1.165, 1.54) is 20.1 Å². The van der Waals surface area contributed by atoms with Crippen LogP contribution in [-0.2, 0) is 17.1 Å². The van der Waals surface area contributed by atoms with Gasteiger partial charge < -0.3 is 9.84 Å². The zero-order chi connectivity index (χ0) is 18.9. The molecule has 0 fully saturated rings. The fourth-order valence-corrected chi connectivity index (χ4v) is 3.55. The van der Waals surface area contributed by atoms with Crippen LogP contribution in [0.2, 0.25) is 0 Å². The maximum absolute atomic E-state index is 14.8. The van der Waals surface area contributed by atoms with Gasteiger partial charge in [-0.15, -0.1) is 0 Å². The third kappa shape index (κ3) is 3.33. The molecule has 0 radical (unpaired) electrons. The predicted molar refractivity (Wildman–Crippen MR) is 92.4 cm³/mol. The van der Waals surface area contributed by atoms with Gasteiger partial charge in [-0.3, -0.25) is 4.79 Å². The van der Waals surface area contributed by atoms with Crippen molar-refractivity contribution in [1.29, 1.82) is 0 Å². The lowest BCUT2D eigenvalue weighted by Crippen LogP contribution is -2.27. The van der Waals surface area contributed by atoms with E-state index in [0.717, 1.165) is 0 Å². The summed E-state index contributed by atoms with van der Waals surface area (Å²) in [6, 6.07) is 10.1. The van der Waals surface area contributed by atoms with Crippen molar-refractivity contribution in [2.24, 2.45) is 0 Å². The number of fused-ring (bicyclic) bond motifs is 1. The molecule has 0 amide bonds. The number of ether oxygens (including phenoxy) is 1. The molecule has 0 saturated heterocycles. The molecule has 6 heteroatoms. The third-order valence-electron chi connectivity index (χ3n) is 4.85. The van der Waals surface area contributed by atoms with E-state index in [2.05, 4.69) is 4.98 Å². The highest BCUT2D eigenvalue weighted by molar-refractivity contribution is 5.88. The Hall–Kier alpha value is -2.34. The van der Waals surface area contributed by atoms with Crippen LogP contribution in [0.5, 0.6) is 5.88 Å². The minimum absolute atomic E-state index is 0.103. The van der Waals surface area contributed by atoms with Crippen LogP contribution in [0.25, 0.3) is 0 Å². The molecular formula is C20H21F2NO3.